The number of aryl methyl sites for hydroxylation is 1. The molecule has 7 nitrogen and oxygen atoms in total. The van der Waals surface area contributed by atoms with E-state index in [9.17, 15) is 18.0 Å². The lowest BCUT2D eigenvalue weighted by molar-refractivity contribution is -0.137. The van der Waals surface area contributed by atoms with Crippen molar-refractivity contribution < 1.29 is 17.9 Å². The second kappa shape index (κ2) is 7.36. The van der Waals surface area contributed by atoms with E-state index in [4.69, 9.17) is 4.74 Å². The summed E-state index contributed by atoms with van der Waals surface area (Å²) in [7, 11) is 1.59. The van der Waals surface area contributed by atoms with Crippen LogP contribution in [0.3, 0.4) is 0 Å². The minimum atomic E-state index is -4.47. The van der Waals surface area contributed by atoms with Crippen molar-refractivity contribution in [1.29, 1.82) is 0 Å². The molecule has 0 saturated carbocycles. The predicted octanol–water partition coefficient (Wildman–Crippen LogP) is 3.61. The topological polar surface area (TPSA) is 73.4 Å². The highest BCUT2D eigenvalue weighted by atomic mass is 19.4. The van der Waals surface area contributed by atoms with Crippen molar-refractivity contribution in [3.63, 3.8) is 0 Å². The van der Waals surface area contributed by atoms with Crippen molar-refractivity contribution >= 4 is 22.4 Å². The van der Waals surface area contributed by atoms with Gasteiger partial charge in [0.1, 0.15) is 5.75 Å². The lowest BCUT2D eigenvalue weighted by atomic mass is 10.1. The van der Waals surface area contributed by atoms with Crippen LogP contribution in [-0.2, 0) is 19.8 Å². The molecule has 0 aliphatic heterocycles. The van der Waals surface area contributed by atoms with Crippen LogP contribution in [0.5, 0.6) is 5.75 Å². The van der Waals surface area contributed by atoms with Crippen molar-refractivity contribution in [2.24, 2.45) is 7.05 Å². The molecule has 2 aromatic heterocycles. The van der Waals surface area contributed by atoms with Crippen molar-refractivity contribution in [3.05, 3.63) is 64.2 Å². The zero-order valence-electron chi connectivity index (χ0n) is 16.2. The molecule has 4 aromatic rings. The van der Waals surface area contributed by atoms with Crippen LogP contribution in [-0.4, -0.2) is 25.8 Å². The second-order valence-electron chi connectivity index (χ2n) is 6.63. The van der Waals surface area contributed by atoms with Crippen LogP contribution in [0.4, 0.5) is 18.9 Å². The Hall–Kier alpha value is -3.56. The number of rotatable bonds is 5. The standard InChI is InChI=1S/C20H18F3N5O2/c1-3-30-16-9-8-12(20(21,22)23)10-14(16)24-11-17-25-26-19-27(2)18(29)13-6-4-5-7-15(13)28(17)19/h4-10,24H,3,11H2,1-2H3. The summed E-state index contributed by atoms with van der Waals surface area (Å²) in [6, 6.07) is 10.3. The fraction of sp³-hybridized carbons (Fsp3) is 0.250. The fourth-order valence-electron chi connectivity index (χ4n) is 3.31. The van der Waals surface area contributed by atoms with Crippen LogP contribution in [0, 0.1) is 0 Å². The first-order chi connectivity index (χ1) is 14.3. The van der Waals surface area contributed by atoms with Gasteiger partial charge in [-0.2, -0.15) is 13.2 Å². The number of para-hydroxylation sites is 1. The summed E-state index contributed by atoms with van der Waals surface area (Å²) < 4.78 is 47.9. The van der Waals surface area contributed by atoms with E-state index in [1.54, 1.807) is 42.6 Å². The Morgan fingerprint density at radius 2 is 1.90 bits per heavy atom. The maximum Gasteiger partial charge on any atom is 0.416 e. The van der Waals surface area contributed by atoms with E-state index in [-0.39, 0.29) is 17.8 Å². The molecule has 0 spiro atoms. The van der Waals surface area contributed by atoms with Gasteiger partial charge < -0.3 is 10.1 Å². The van der Waals surface area contributed by atoms with E-state index >= 15 is 0 Å². The number of anilines is 1. The number of benzene rings is 2. The average Bonchev–Trinajstić information content (AvgIpc) is 3.15. The quantitative estimate of drug-likeness (QED) is 0.537. The van der Waals surface area contributed by atoms with Gasteiger partial charge in [0.05, 0.1) is 35.3 Å². The third-order valence-electron chi connectivity index (χ3n) is 4.74. The van der Waals surface area contributed by atoms with Crippen LogP contribution in [0.1, 0.15) is 18.3 Å². The molecule has 0 radical (unpaired) electrons. The highest BCUT2D eigenvalue weighted by molar-refractivity contribution is 5.80. The van der Waals surface area contributed by atoms with Gasteiger partial charge in [0, 0.05) is 7.05 Å². The Morgan fingerprint density at radius 1 is 1.13 bits per heavy atom. The monoisotopic (exact) mass is 417 g/mol. The summed E-state index contributed by atoms with van der Waals surface area (Å²) in [5.74, 6) is 1.08. The molecule has 0 fully saturated rings. The van der Waals surface area contributed by atoms with Crippen molar-refractivity contribution in [2.45, 2.75) is 19.6 Å². The molecule has 10 heteroatoms. The fourth-order valence-corrected chi connectivity index (χ4v) is 3.31. The van der Waals surface area contributed by atoms with Crippen LogP contribution >= 0.6 is 0 Å². The molecule has 0 bridgehead atoms. The van der Waals surface area contributed by atoms with Crippen LogP contribution in [0.25, 0.3) is 16.7 Å². The number of alkyl halides is 3. The van der Waals surface area contributed by atoms with E-state index in [0.29, 0.717) is 34.9 Å². The molecule has 2 aromatic carbocycles. The number of aromatic nitrogens is 4. The van der Waals surface area contributed by atoms with Crippen molar-refractivity contribution in [1.82, 2.24) is 19.2 Å². The molecule has 0 unspecified atom stereocenters. The zero-order chi connectivity index (χ0) is 21.5. The van der Waals surface area contributed by atoms with E-state index in [1.165, 1.54) is 10.6 Å². The van der Waals surface area contributed by atoms with Crippen LogP contribution in [0.2, 0.25) is 0 Å². The van der Waals surface area contributed by atoms with Gasteiger partial charge in [-0.1, -0.05) is 12.1 Å². The van der Waals surface area contributed by atoms with Gasteiger partial charge in [-0.05, 0) is 37.3 Å². The van der Waals surface area contributed by atoms with E-state index < -0.39 is 11.7 Å². The Bertz CT molecular complexity index is 1290. The first-order valence-electron chi connectivity index (χ1n) is 9.21. The summed E-state index contributed by atoms with van der Waals surface area (Å²) in [5, 5.41) is 11.7. The molecule has 1 N–H and O–H groups in total. The second-order valence-corrected chi connectivity index (χ2v) is 6.63. The molecule has 0 amide bonds. The van der Waals surface area contributed by atoms with Gasteiger partial charge in [-0.25, -0.2) is 0 Å². The molecule has 156 valence electrons. The highest BCUT2D eigenvalue weighted by Gasteiger charge is 2.31. The SMILES string of the molecule is CCOc1ccc(C(F)(F)F)cc1NCc1nnc2n(C)c(=O)c3ccccc3n12. The Balaban J connectivity index is 1.77. The number of nitrogens with one attached hydrogen (secondary N) is 1. The Morgan fingerprint density at radius 3 is 2.63 bits per heavy atom. The largest absolute Gasteiger partial charge is 0.492 e. The molecular weight excluding hydrogens is 399 g/mol. The van der Waals surface area contributed by atoms with Gasteiger partial charge in [0.2, 0.25) is 5.78 Å². The lowest BCUT2D eigenvalue weighted by Gasteiger charge is -2.15. The molecule has 0 saturated heterocycles. The molecule has 4 rings (SSSR count). The molecule has 30 heavy (non-hydrogen) atoms. The van der Waals surface area contributed by atoms with E-state index in [0.717, 1.165) is 12.1 Å². The average molecular weight is 417 g/mol. The minimum Gasteiger partial charge on any atom is -0.492 e. The smallest absolute Gasteiger partial charge is 0.416 e. The molecular formula is C20H18F3N5O2. The molecule has 2 heterocycles. The van der Waals surface area contributed by atoms with Crippen molar-refractivity contribution in [2.75, 3.05) is 11.9 Å². The van der Waals surface area contributed by atoms with E-state index in [2.05, 4.69) is 15.5 Å². The van der Waals surface area contributed by atoms with Gasteiger partial charge in [0.25, 0.3) is 5.56 Å². The maximum atomic E-state index is 13.1. The van der Waals surface area contributed by atoms with Gasteiger partial charge in [-0.15, -0.1) is 10.2 Å². The summed E-state index contributed by atoms with van der Waals surface area (Å²) in [6.45, 7) is 2.13. The summed E-state index contributed by atoms with van der Waals surface area (Å²) in [6.07, 6.45) is -4.47. The number of halogens is 3. The van der Waals surface area contributed by atoms with Crippen LogP contribution < -0.4 is 15.6 Å². The number of nitrogens with zero attached hydrogens (tertiary/aromatic N) is 4. The van der Waals surface area contributed by atoms with Crippen LogP contribution in [0.15, 0.2) is 47.3 Å². The normalized spacial score (nSPS) is 11.9. The summed E-state index contributed by atoms with van der Waals surface area (Å²) in [5.41, 5.74) is -0.182. The molecule has 0 aliphatic rings. The first-order valence-corrected chi connectivity index (χ1v) is 9.21. The zero-order valence-corrected chi connectivity index (χ0v) is 16.2. The third-order valence-corrected chi connectivity index (χ3v) is 4.74. The lowest BCUT2D eigenvalue weighted by Crippen LogP contribution is -2.20. The van der Waals surface area contributed by atoms with Gasteiger partial charge in [-0.3, -0.25) is 13.8 Å². The highest BCUT2D eigenvalue weighted by Crippen LogP contribution is 2.35. The third kappa shape index (κ3) is 3.34. The molecule has 0 atom stereocenters. The van der Waals surface area contributed by atoms with Gasteiger partial charge >= 0.3 is 6.18 Å². The number of ether oxygens (including phenoxy) is 1. The first kappa shape index (κ1) is 19.7. The number of hydrogen-bond acceptors (Lipinski definition) is 5. The van der Waals surface area contributed by atoms with Crippen molar-refractivity contribution in [3.8, 4) is 5.75 Å². The number of fused-ring (bicyclic) bond motifs is 3. The van der Waals surface area contributed by atoms with Gasteiger partial charge in [0.15, 0.2) is 5.82 Å². The maximum absolute atomic E-state index is 13.1. The number of hydrogen-bond donors (Lipinski definition) is 1. The molecule has 0 aliphatic carbocycles. The Kier molecular flexibility index (Phi) is 4.84. The summed E-state index contributed by atoms with van der Waals surface area (Å²) >= 11 is 0. The predicted molar refractivity (Wildman–Crippen MR) is 106 cm³/mol. The summed E-state index contributed by atoms with van der Waals surface area (Å²) in [4.78, 5) is 12.5. The Labute approximate surface area is 168 Å². The van der Waals surface area contributed by atoms with E-state index in [1.807, 2.05) is 0 Å². The minimum absolute atomic E-state index is 0.0742.